The van der Waals surface area contributed by atoms with Crippen LogP contribution in [-0.4, -0.2) is 66.9 Å². The fourth-order valence-electron chi connectivity index (χ4n) is 5.23. The number of aromatic nitrogens is 2. The molecule has 1 aliphatic rings. The first-order valence-electron chi connectivity index (χ1n) is 14.9. The van der Waals surface area contributed by atoms with Crippen molar-refractivity contribution in [3.8, 4) is 0 Å². The number of hydrogen-bond acceptors (Lipinski definition) is 9. The van der Waals surface area contributed by atoms with Crippen LogP contribution in [0.15, 0.2) is 65.8 Å². The molecule has 2 aromatic heterocycles. The zero-order valence-corrected chi connectivity index (χ0v) is 26.8. The van der Waals surface area contributed by atoms with E-state index in [1.165, 1.54) is 27.4 Å². The molecule has 1 amide bonds. The molecule has 232 valence electrons. The highest BCUT2D eigenvalue weighted by Gasteiger charge is 2.41. The number of sulfonamides is 1. The number of pyridine rings is 1. The van der Waals surface area contributed by atoms with Gasteiger partial charge in [0.2, 0.25) is 15.9 Å². The zero-order chi connectivity index (χ0) is 31.3. The van der Waals surface area contributed by atoms with Gasteiger partial charge in [0.25, 0.3) is 0 Å². The molecule has 1 unspecified atom stereocenters. The van der Waals surface area contributed by atoms with Crippen molar-refractivity contribution in [2.24, 2.45) is 0 Å². The minimum atomic E-state index is -3.97. The van der Waals surface area contributed by atoms with E-state index >= 15 is 0 Å². The van der Waals surface area contributed by atoms with Gasteiger partial charge >= 0.3 is 5.97 Å². The van der Waals surface area contributed by atoms with Crippen molar-refractivity contribution in [3.63, 3.8) is 0 Å². The minimum absolute atomic E-state index is 0.0839. The summed E-state index contributed by atoms with van der Waals surface area (Å²) in [7, 11) is -3.97. The Labute approximate surface area is 262 Å². The number of nitrogens with zero attached hydrogens (tertiary/aromatic N) is 4. The van der Waals surface area contributed by atoms with Crippen LogP contribution in [0.5, 0.6) is 0 Å². The molecule has 1 N–H and O–H groups in total. The van der Waals surface area contributed by atoms with Gasteiger partial charge in [-0.15, -0.1) is 0 Å². The standard InChI is InChI=1S/C32H37N5O5S2/c1-4-7-23-8-10-24(11-9-23)18-34-30(38)27-21-36(16-17-37(27)44(40,41)25-14-12-22(5-2)13-15-25)32-35-29-26(31(39)42-6-3)19-33-20-28(29)43-32/h8-15,19-20,27H,4-7,16-18,21H2,1-3H3,(H,34,38). The number of piperazine rings is 1. The van der Waals surface area contributed by atoms with Crippen LogP contribution >= 0.6 is 11.3 Å². The molecule has 2 aromatic carbocycles. The second-order valence-corrected chi connectivity index (χ2v) is 13.5. The third-order valence-corrected chi connectivity index (χ3v) is 10.6. The maximum absolute atomic E-state index is 13.9. The number of ether oxygens (including phenoxy) is 1. The average Bonchev–Trinajstić information content (AvgIpc) is 3.49. The van der Waals surface area contributed by atoms with E-state index in [0.717, 1.165) is 30.4 Å². The van der Waals surface area contributed by atoms with Crippen LogP contribution in [0, 0.1) is 0 Å². The van der Waals surface area contributed by atoms with Gasteiger partial charge in [-0.2, -0.15) is 4.31 Å². The maximum Gasteiger partial charge on any atom is 0.341 e. The molecular formula is C32H37N5O5S2. The Bertz CT molecular complexity index is 1720. The van der Waals surface area contributed by atoms with E-state index < -0.39 is 27.9 Å². The van der Waals surface area contributed by atoms with Crippen molar-refractivity contribution >= 4 is 48.6 Å². The van der Waals surface area contributed by atoms with Crippen molar-refractivity contribution < 1.29 is 22.7 Å². The highest BCUT2D eigenvalue weighted by molar-refractivity contribution is 7.89. The number of benzene rings is 2. The SMILES string of the molecule is CCCc1ccc(CNC(=O)C2CN(c3nc4c(C(=O)OCC)cncc4s3)CCN2S(=O)(=O)c2ccc(CC)cc2)cc1. The Morgan fingerprint density at radius 2 is 1.68 bits per heavy atom. The predicted molar refractivity (Wildman–Crippen MR) is 171 cm³/mol. The van der Waals surface area contributed by atoms with Gasteiger partial charge in [-0.1, -0.05) is 68.0 Å². The smallest absolute Gasteiger partial charge is 0.341 e. The highest BCUT2D eigenvalue weighted by atomic mass is 32.2. The molecule has 1 saturated heterocycles. The number of amides is 1. The summed E-state index contributed by atoms with van der Waals surface area (Å²) >= 11 is 1.34. The number of thiazole rings is 1. The molecule has 3 heterocycles. The van der Waals surface area contributed by atoms with Crippen LogP contribution in [0.4, 0.5) is 5.13 Å². The lowest BCUT2D eigenvalue weighted by molar-refractivity contribution is -0.125. The van der Waals surface area contributed by atoms with Crippen molar-refractivity contribution in [2.75, 3.05) is 31.1 Å². The molecule has 10 nitrogen and oxygen atoms in total. The molecule has 12 heteroatoms. The number of fused-ring (bicyclic) bond motifs is 1. The van der Waals surface area contributed by atoms with Crippen LogP contribution in [0.25, 0.3) is 10.2 Å². The third kappa shape index (κ3) is 6.77. The second-order valence-electron chi connectivity index (χ2n) is 10.6. The Morgan fingerprint density at radius 1 is 0.977 bits per heavy atom. The largest absolute Gasteiger partial charge is 0.462 e. The summed E-state index contributed by atoms with van der Waals surface area (Å²) in [6, 6.07) is 13.9. The second kappa shape index (κ2) is 13.8. The molecule has 0 radical (unpaired) electrons. The summed E-state index contributed by atoms with van der Waals surface area (Å²) in [6.45, 7) is 6.86. The molecule has 0 saturated carbocycles. The van der Waals surface area contributed by atoms with Crippen molar-refractivity contribution in [1.29, 1.82) is 0 Å². The first-order valence-corrected chi connectivity index (χ1v) is 17.1. The van der Waals surface area contributed by atoms with Crippen molar-refractivity contribution in [1.82, 2.24) is 19.6 Å². The first-order chi connectivity index (χ1) is 21.2. The first kappa shape index (κ1) is 31.6. The molecule has 4 aromatic rings. The van der Waals surface area contributed by atoms with Gasteiger partial charge < -0.3 is 15.0 Å². The quantitative estimate of drug-likeness (QED) is 0.238. The summed E-state index contributed by atoms with van der Waals surface area (Å²) in [6.07, 6.45) is 5.90. The fourth-order valence-corrected chi connectivity index (χ4v) is 7.79. The number of aryl methyl sites for hydroxylation is 2. The molecule has 1 fully saturated rings. The summed E-state index contributed by atoms with van der Waals surface area (Å²) < 4.78 is 35.0. The molecule has 5 rings (SSSR count). The van der Waals surface area contributed by atoms with Gasteiger partial charge in [0.15, 0.2) is 5.13 Å². The zero-order valence-electron chi connectivity index (χ0n) is 25.2. The Morgan fingerprint density at radius 3 is 2.36 bits per heavy atom. The molecule has 0 aliphatic carbocycles. The van der Waals surface area contributed by atoms with E-state index in [1.54, 1.807) is 37.4 Å². The van der Waals surface area contributed by atoms with Gasteiger partial charge in [-0.05, 0) is 48.6 Å². The van der Waals surface area contributed by atoms with Gasteiger partial charge in [-0.3, -0.25) is 9.78 Å². The summed E-state index contributed by atoms with van der Waals surface area (Å²) in [5.41, 5.74) is 3.93. The van der Waals surface area contributed by atoms with Crippen LogP contribution in [0.3, 0.4) is 0 Å². The number of rotatable bonds is 11. The van der Waals surface area contributed by atoms with Gasteiger partial charge in [-0.25, -0.2) is 18.2 Å². The van der Waals surface area contributed by atoms with Crippen LogP contribution in [0.1, 0.15) is 54.2 Å². The van der Waals surface area contributed by atoms with E-state index in [9.17, 15) is 18.0 Å². The van der Waals surface area contributed by atoms with Crippen LogP contribution < -0.4 is 10.2 Å². The lowest BCUT2D eigenvalue weighted by Gasteiger charge is -2.39. The Kier molecular flexibility index (Phi) is 9.92. The van der Waals surface area contributed by atoms with E-state index in [2.05, 4.69) is 29.4 Å². The predicted octanol–water partition coefficient (Wildman–Crippen LogP) is 4.58. The number of anilines is 1. The van der Waals surface area contributed by atoms with Gasteiger partial charge in [0.1, 0.15) is 17.1 Å². The van der Waals surface area contributed by atoms with Gasteiger partial charge in [0, 0.05) is 38.6 Å². The molecule has 0 bridgehead atoms. The van der Waals surface area contributed by atoms with E-state index in [0.29, 0.717) is 21.9 Å². The molecule has 0 spiro atoms. The number of carbonyl (C=O) groups is 2. The topological polar surface area (TPSA) is 122 Å². The normalized spacial score (nSPS) is 15.8. The minimum Gasteiger partial charge on any atom is -0.462 e. The summed E-state index contributed by atoms with van der Waals surface area (Å²) in [5, 5.41) is 3.54. The van der Waals surface area contributed by atoms with Crippen molar-refractivity contribution in [2.45, 2.75) is 57.5 Å². The average molecular weight is 636 g/mol. The van der Waals surface area contributed by atoms with E-state index in [-0.39, 0.29) is 36.7 Å². The molecule has 1 aliphatic heterocycles. The number of carbonyl (C=O) groups excluding carboxylic acids is 2. The third-order valence-electron chi connectivity index (χ3n) is 7.66. The van der Waals surface area contributed by atoms with Crippen LogP contribution in [0.2, 0.25) is 0 Å². The van der Waals surface area contributed by atoms with Crippen molar-refractivity contribution in [3.05, 3.63) is 83.2 Å². The van der Waals surface area contributed by atoms with Crippen LogP contribution in [-0.2, 0) is 38.9 Å². The summed E-state index contributed by atoms with van der Waals surface area (Å²) in [5.74, 6) is -0.900. The highest BCUT2D eigenvalue weighted by Crippen LogP contribution is 2.33. The Balaban J connectivity index is 1.42. The summed E-state index contributed by atoms with van der Waals surface area (Å²) in [4.78, 5) is 37.2. The number of hydrogen-bond donors (Lipinski definition) is 1. The maximum atomic E-state index is 13.9. The Hall–Kier alpha value is -3.87. The van der Waals surface area contributed by atoms with E-state index in [4.69, 9.17) is 9.72 Å². The fraction of sp³-hybridized carbons (Fsp3) is 0.375. The number of nitrogens with one attached hydrogen (secondary N) is 1. The molecular weight excluding hydrogens is 599 g/mol. The molecule has 1 atom stereocenters. The van der Waals surface area contributed by atoms with E-state index in [1.807, 2.05) is 24.0 Å². The lowest BCUT2D eigenvalue weighted by Crippen LogP contribution is -2.60. The monoisotopic (exact) mass is 635 g/mol. The number of esters is 1. The van der Waals surface area contributed by atoms with Gasteiger partial charge in [0.05, 0.1) is 16.2 Å². The lowest BCUT2D eigenvalue weighted by atomic mass is 10.1. The molecule has 44 heavy (non-hydrogen) atoms.